The van der Waals surface area contributed by atoms with Crippen LogP contribution in [-0.4, -0.2) is 30.3 Å². The number of alkyl carbamates (subject to hydrolysis) is 1. The minimum absolute atomic E-state index is 0.400. The number of hydrogen-bond donors (Lipinski definition) is 2. The third-order valence-electron chi connectivity index (χ3n) is 5.78. The molecule has 1 atom stereocenters. The number of esters is 1. The molecule has 0 unspecified atom stereocenters. The van der Waals surface area contributed by atoms with E-state index in [-0.39, 0.29) is 0 Å². The number of ether oxygens (including phenoxy) is 2. The molecule has 0 radical (unpaired) electrons. The summed E-state index contributed by atoms with van der Waals surface area (Å²) in [5.41, 5.74) is 6.64. The van der Waals surface area contributed by atoms with Gasteiger partial charge in [-0.2, -0.15) is 0 Å². The highest BCUT2D eigenvalue weighted by atomic mass is 35.5. The molecule has 0 aliphatic heterocycles. The third-order valence-corrected chi connectivity index (χ3v) is 6.11. The van der Waals surface area contributed by atoms with Gasteiger partial charge in [0.05, 0.1) is 0 Å². The molecule has 0 aliphatic rings. The van der Waals surface area contributed by atoms with Crippen LogP contribution in [0.4, 0.5) is 4.79 Å². The summed E-state index contributed by atoms with van der Waals surface area (Å²) in [7, 11) is 0. The number of benzene rings is 3. The van der Waals surface area contributed by atoms with Crippen LogP contribution in [0.2, 0.25) is 5.02 Å². The van der Waals surface area contributed by atoms with Gasteiger partial charge in [-0.3, -0.25) is 4.79 Å². The zero-order chi connectivity index (χ0) is 26.9. The molecule has 37 heavy (non-hydrogen) atoms. The molecule has 196 valence electrons. The maximum Gasteiger partial charge on any atom is 0.407 e. The van der Waals surface area contributed by atoms with Crippen molar-refractivity contribution in [2.24, 2.45) is 5.73 Å². The fraction of sp³-hybridized carbons (Fsp3) is 0.333. The second-order valence-electron chi connectivity index (χ2n) is 9.85. The van der Waals surface area contributed by atoms with Gasteiger partial charge in [0, 0.05) is 28.3 Å². The van der Waals surface area contributed by atoms with E-state index in [9.17, 15) is 9.59 Å². The molecule has 1 amide bonds. The second-order valence-corrected chi connectivity index (χ2v) is 10.3. The summed E-state index contributed by atoms with van der Waals surface area (Å²) in [4.78, 5) is 25.2. The summed E-state index contributed by atoms with van der Waals surface area (Å²) in [6.45, 7) is 5.86. The number of unbranched alkanes of at least 4 members (excludes halogenated alkanes) is 1. The van der Waals surface area contributed by atoms with Crippen molar-refractivity contribution in [1.29, 1.82) is 0 Å². The highest BCUT2D eigenvalue weighted by molar-refractivity contribution is 6.31. The third kappa shape index (κ3) is 7.57. The molecular weight excluding hydrogens is 488 g/mol. The van der Waals surface area contributed by atoms with Gasteiger partial charge in [-0.05, 0) is 46.1 Å². The Kier molecular flexibility index (Phi) is 9.73. The van der Waals surface area contributed by atoms with E-state index in [0.29, 0.717) is 36.4 Å². The van der Waals surface area contributed by atoms with E-state index < -0.39 is 29.3 Å². The van der Waals surface area contributed by atoms with Crippen molar-refractivity contribution >= 4 is 23.7 Å². The Labute approximate surface area is 224 Å². The molecule has 0 saturated carbocycles. The molecular formula is C30H35ClN2O4. The van der Waals surface area contributed by atoms with Gasteiger partial charge in [0.25, 0.3) is 0 Å². The van der Waals surface area contributed by atoms with Crippen molar-refractivity contribution in [3.63, 3.8) is 0 Å². The molecule has 7 heteroatoms. The van der Waals surface area contributed by atoms with Crippen LogP contribution < -0.4 is 11.1 Å². The summed E-state index contributed by atoms with van der Waals surface area (Å²) in [6, 6.07) is 25.6. The van der Waals surface area contributed by atoms with Crippen molar-refractivity contribution in [2.75, 3.05) is 6.54 Å². The van der Waals surface area contributed by atoms with Crippen molar-refractivity contribution in [3.8, 4) is 0 Å². The van der Waals surface area contributed by atoms with Crippen LogP contribution in [0.25, 0.3) is 0 Å². The van der Waals surface area contributed by atoms with Crippen molar-refractivity contribution < 1.29 is 19.1 Å². The zero-order valence-corrected chi connectivity index (χ0v) is 22.3. The number of nitrogens with one attached hydrogen (secondary N) is 1. The van der Waals surface area contributed by atoms with Gasteiger partial charge in [0.1, 0.15) is 11.6 Å². The second kappa shape index (κ2) is 12.7. The molecule has 3 aromatic carbocycles. The highest BCUT2D eigenvalue weighted by Gasteiger charge is 2.42. The average molecular weight is 523 g/mol. The normalized spacial score (nSPS) is 12.5. The Bertz CT molecular complexity index is 1120. The van der Waals surface area contributed by atoms with E-state index in [2.05, 4.69) is 5.32 Å². The van der Waals surface area contributed by atoms with Gasteiger partial charge in [0.2, 0.25) is 0 Å². The number of halogens is 1. The summed E-state index contributed by atoms with van der Waals surface area (Å²) >= 11 is 6.69. The quantitative estimate of drug-likeness (QED) is 0.188. The van der Waals surface area contributed by atoms with Crippen LogP contribution >= 0.6 is 11.6 Å². The summed E-state index contributed by atoms with van der Waals surface area (Å²) < 4.78 is 11.6. The average Bonchev–Trinajstić information content (AvgIpc) is 2.87. The van der Waals surface area contributed by atoms with Gasteiger partial charge < -0.3 is 20.5 Å². The first kappa shape index (κ1) is 28.2. The van der Waals surface area contributed by atoms with Crippen LogP contribution in [0.15, 0.2) is 84.9 Å². The van der Waals surface area contributed by atoms with Gasteiger partial charge >= 0.3 is 12.1 Å². The highest BCUT2D eigenvalue weighted by Crippen LogP contribution is 2.43. The smallest absolute Gasteiger partial charge is 0.407 e. The minimum Gasteiger partial charge on any atom is -0.444 e. The number of amides is 1. The first-order chi connectivity index (χ1) is 17.6. The molecule has 3 N–H and O–H groups in total. The Hall–Kier alpha value is -3.35. The van der Waals surface area contributed by atoms with Crippen LogP contribution in [0, 0.1) is 0 Å². The number of carbonyl (C=O) groups is 2. The van der Waals surface area contributed by atoms with E-state index in [4.69, 9.17) is 26.8 Å². The molecule has 0 heterocycles. The molecule has 0 fully saturated rings. The Morgan fingerprint density at radius 2 is 1.38 bits per heavy atom. The van der Waals surface area contributed by atoms with Gasteiger partial charge in [0.15, 0.2) is 5.60 Å². The maximum atomic E-state index is 13.4. The van der Waals surface area contributed by atoms with E-state index in [0.717, 1.165) is 11.1 Å². The van der Waals surface area contributed by atoms with Crippen LogP contribution in [0.5, 0.6) is 0 Å². The summed E-state index contributed by atoms with van der Waals surface area (Å²) in [5.74, 6) is -0.535. The van der Waals surface area contributed by atoms with Gasteiger partial charge in [-0.15, -0.1) is 0 Å². The lowest BCUT2D eigenvalue weighted by Crippen LogP contribution is -2.42. The Morgan fingerprint density at radius 3 is 1.92 bits per heavy atom. The lowest BCUT2D eigenvalue weighted by Gasteiger charge is -2.36. The van der Waals surface area contributed by atoms with E-state index in [1.165, 1.54) is 0 Å². The minimum atomic E-state index is -1.28. The molecule has 0 aliphatic carbocycles. The van der Waals surface area contributed by atoms with Crippen LogP contribution in [0.1, 0.15) is 56.7 Å². The van der Waals surface area contributed by atoms with Crippen molar-refractivity contribution in [3.05, 3.63) is 107 Å². The fourth-order valence-electron chi connectivity index (χ4n) is 4.08. The van der Waals surface area contributed by atoms with Crippen molar-refractivity contribution in [1.82, 2.24) is 5.32 Å². The van der Waals surface area contributed by atoms with E-state index >= 15 is 0 Å². The molecule has 6 nitrogen and oxygen atoms in total. The van der Waals surface area contributed by atoms with Crippen LogP contribution in [-0.2, 0) is 19.9 Å². The van der Waals surface area contributed by atoms with Crippen LogP contribution in [0.3, 0.4) is 0 Å². The van der Waals surface area contributed by atoms with Gasteiger partial charge in [-0.25, -0.2) is 4.79 Å². The molecule has 0 bridgehead atoms. The topological polar surface area (TPSA) is 90.6 Å². The molecule has 0 aromatic heterocycles. The van der Waals surface area contributed by atoms with E-state index in [1.54, 1.807) is 6.07 Å². The monoisotopic (exact) mass is 522 g/mol. The molecule has 0 saturated heterocycles. The fourth-order valence-corrected chi connectivity index (χ4v) is 4.35. The van der Waals surface area contributed by atoms with E-state index in [1.807, 2.05) is 99.6 Å². The Balaban J connectivity index is 1.79. The molecule has 3 rings (SSSR count). The maximum absolute atomic E-state index is 13.4. The predicted molar refractivity (Wildman–Crippen MR) is 146 cm³/mol. The number of rotatable bonds is 10. The SMILES string of the molecule is CC(C)(C)OC(=O)NCCCC[C@H](N)C(=O)OC(c1ccccc1)(c1ccccc1)c1ccccc1Cl. The molecule has 3 aromatic rings. The first-order valence-electron chi connectivity index (χ1n) is 12.4. The van der Waals surface area contributed by atoms with Crippen molar-refractivity contribution in [2.45, 2.75) is 57.3 Å². The summed E-state index contributed by atoms with van der Waals surface area (Å²) in [5, 5.41) is 3.19. The number of hydrogen-bond acceptors (Lipinski definition) is 5. The zero-order valence-electron chi connectivity index (χ0n) is 21.6. The largest absolute Gasteiger partial charge is 0.444 e. The Morgan fingerprint density at radius 1 is 0.838 bits per heavy atom. The lowest BCUT2D eigenvalue weighted by molar-refractivity contribution is -0.155. The lowest BCUT2D eigenvalue weighted by atomic mass is 9.80. The first-order valence-corrected chi connectivity index (χ1v) is 12.8. The number of carbonyl (C=O) groups excluding carboxylic acids is 2. The summed E-state index contributed by atoms with van der Waals surface area (Å²) in [6.07, 6.45) is 1.21. The standard InChI is InChI=1S/C30H35ClN2O4/c1-29(2,3)37-28(35)33-21-13-12-20-26(32)27(34)36-30(22-14-6-4-7-15-22,23-16-8-5-9-17-23)24-18-10-11-19-25(24)31/h4-11,14-19,26H,12-13,20-21,32H2,1-3H3,(H,33,35)/t26-/m0/s1. The van der Waals surface area contributed by atoms with Gasteiger partial charge in [-0.1, -0.05) is 90.5 Å². The number of nitrogens with two attached hydrogens (primary N) is 1. The predicted octanol–water partition coefficient (Wildman–Crippen LogP) is 6.20. The molecule has 0 spiro atoms.